The summed E-state index contributed by atoms with van der Waals surface area (Å²) in [7, 11) is 8.90. The summed E-state index contributed by atoms with van der Waals surface area (Å²) >= 11 is 0. The molecule has 6 atom stereocenters. The zero-order valence-electron chi connectivity index (χ0n) is 6.58. The topological polar surface area (TPSA) is 0 Å². The van der Waals surface area contributed by atoms with E-state index in [1.165, 1.54) is 32.1 Å². The molecule has 6 heteroatoms. The van der Waals surface area contributed by atoms with Gasteiger partial charge in [-0.3, -0.25) is 0 Å². The van der Waals surface area contributed by atoms with Gasteiger partial charge in [0.15, 0.2) is 0 Å². The fourth-order valence-electron chi connectivity index (χ4n) is 0.286. The van der Waals surface area contributed by atoms with Crippen molar-refractivity contribution in [3.8, 4) is 0 Å². The van der Waals surface area contributed by atoms with Crippen molar-refractivity contribution in [1.82, 2.24) is 0 Å². The van der Waals surface area contributed by atoms with Crippen molar-refractivity contribution in [2.24, 2.45) is 0 Å². The van der Waals surface area contributed by atoms with E-state index in [1.807, 2.05) is 0 Å². The minimum absolute atomic E-state index is 0.597. The Bertz CT molecular complexity index is 76.3. The SMILES string of the molecule is CC(C)(C)PPPPPP. The normalized spacial score (nSPS) is 18.0. The standard InChI is InChI=1S/C4H16P6/c1-4(2,3)6-8-10-9-7-5/h6-10H,5H2,1-3H3. The minimum Gasteiger partial charge on any atom is -0.110 e. The zero-order valence-corrected chi connectivity index (χ0v) is 12.7. The third-order valence-electron chi connectivity index (χ3n) is 0.635. The molecule has 0 aromatic carbocycles. The van der Waals surface area contributed by atoms with Gasteiger partial charge < -0.3 is 0 Å². The first-order valence-electron chi connectivity index (χ1n) is 3.04. The lowest BCUT2D eigenvalue weighted by molar-refractivity contribution is 0.802. The minimum atomic E-state index is 0.597. The highest BCUT2D eigenvalue weighted by Crippen LogP contribution is 2.72. The molecule has 62 valence electrons. The summed E-state index contributed by atoms with van der Waals surface area (Å²) in [5, 5.41) is 0.597. The van der Waals surface area contributed by atoms with Crippen molar-refractivity contribution < 1.29 is 0 Å². The maximum absolute atomic E-state index is 2.84. The van der Waals surface area contributed by atoms with Gasteiger partial charge in [0, 0.05) is 0 Å². The van der Waals surface area contributed by atoms with E-state index in [-0.39, 0.29) is 0 Å². The van der Waals surface area contributed by atoms with E-state index in [0.717, 1.165) is 7.96 Å². The van der Waals surface area contributed by atoms with Crippen molar-refractivity contribution in [3.63, 3.8) is 0 Å². The molecule has 0 radical (unpaired) electrons. The predicted molar refractivity (Wildman–Crippen MR) is 71.0 cm³/mol. The molecule has 0 saturated heterocycles. The van der Waals surface area contributed by atoms with Gasteiger partial charge in [0.2, 0.25) is 0 Å². The highest BCUT2D eigenvalue weighted by atomic mass is 32.8. The van der Waals surface area contributed by atoms with Gasteiger partial charge in [0.1, 0.15) is 0 Å². The predicted octanol–water partition coefficient (Wildman–Crippen LogP) is 4.63. The van der Waals surface area contributed by atoms with Crippen LogP contribution in [0.4, 0.5) is 0 Å². The molecule has 0 aliphatic rings. The molecule has 0 aromatic rings. The molecule has 0 nitrogen and oxygen atoms in total. The molecule has 0 aliphatic carbocycles. The number of hydrogen-bond donors (Lipinski definition) is 0. The Hall–Kier alpha value is 2.58. The number of rotatable bonds is 4. The van der Waals surface area contributed by atoms with Crippen LogP contribution in [0.3, 0.4) is 0 Å². The van der Waals surface area contributed by atoms with Crippen molar-refractivity contribution >= 4 is 49.0 Å². The molecule has 0 saturated carbocycles. The Labute approximate surface area is 75.2 Å². The molecule has 0 bridgehead atoms. The molecule has 0 spiro atoms. The zero-order chi connectivity index (χ0) is 8.04. The molecular weight excluding hydrogens is 234 g/mol. The highest BCUT2D eigenvalue weighted by Gasteiger charge is 2.07. The van der Waals surface area contributed by atoms with Gasteiger partial charge in [-0.2, -0.15) is 0 Å². The third-order valence-corrected chi connectivity index (χ3v) is 21.0. The molecule has 0 aliphatic heterocycles. The van der Waals surface area contributed by atoms with Crippen molar-refractivity contribution in [1.29, 1.82) is 0 Å². The highest BCUT2D eigenvalue weighted by molar-refractivity contribution is 8.74. The maximum Gasteiger partial charge on any atom is -0.0167 e. The van der Waals surface area contributed by atoms with Gasteiger partial charge in [-0.25, -0.2) is 0 Å². The van der Waals surface area contributed by atoms with Crippen LogP contribution >= 0.6 is 49.0 Å². The molecule has 10 heavy (non-hydrogen) atoms. The van der Waals surface area contributed by atoms with Crippen molar-refractivity contribution in [2.45, 2.75) is 25.9 Å². The summed E-state index contributed by atoms with van der Waals surface area (Å²) in [6.07, 6.45) is 0. The summed E-state index contributed by atoms with van der Waals surface area (Å²) in [5.41, 5.74) is 0. The van der Waals surface area contributed by atoms with Gasteiger partial charge >= 0.3 is 0 Å². The van der Waals surface area contributed by atoms with Crippen LogP contribution < -0.4 is 0 Å². The first-order chi connectivity index (χ1) is 4.56. The molecule has 0 heterocycles. The van der Waals surface area contributed by atoms with Crippen molar-refractivity contribution in [2.75, 3.05) is 0 Å². The Morgan fingerprint density at radius 3 is 2.00 bits per heavy atom. The lowest BCUT2D eigenvalue weighted by atomic mass is 10.3. The monoisotopic (exact) mass is 250 g/mol. The maximum atomic E-state index is 2.84. The fourth-order valence-corrected chi connectivity index (χ4v) is 24.0. The third kappa shape index (κ3) is 10.6. The lowest BCUT2D eigenvalue weighted by Crippen LogP contribution is -2.01. The average molecular weight is 250 g/mol. The lowest BCUT2D eigenvalue weighted by Gasteiger charge is -2.17. The van der Waals surface area contributed by atoms with Gasteiger partial charge in [0.25, 0.3) is 0 Å². The van der Waals surface area contributed by atoms with E-state index in [9.17, 15) is 0 Å². The van der Waals surface area contributed by atoms with E-state index in [0.29, 0.717) is 5.16 Å². The Kier molecular flexibility index (Phi) is 8.84. The summed E-state index contributed by atoms with van der Waals surface area (Å²) in [6, 6.07) is 0. The van der Waals surface area contributed by atoms with Crippen LogP contribution in [0.5, 0.6) is 0 Å². The summed E-state index contributed by atoms with van der Waals surface area (Å²) in [5.74, 6) is 0. The molecular formula is C4H16P6. The van der Waals surface area contributed by atoms with Gasteiger partial charge in [-0.15, -0.1) is 8.93 Å². The van der Waals surface area contributed by atoms with Crippen LogP contribution in [0, 0.1) is 0 Å². The molecule has 0 fully saturated rings. The second-order valence-corrected chi connectivity index (χ2v) is 18.9. The van der Waals surface area contributed by atoms with Gasteiger partial charge in [-0.1, -0.05) is 60.9 Å². The van der Waals surface area contributed by atoms with E-state index in [2.05, 4.69) is 29.7 Å². The van der Waals surface area contributed by atoms with E-state index < -0.39 is 0 Å². The first kappa shape index (κ1) is 12.6. The van der Waals surface area contributed by atoms with Crippen molar-refractivity contribution in [3.05, 3.63) is 0 Å². The van der Waals surface area contributed by atoms with Gasteiger partial charge in [-0.05, 0) is 5.16 Å². The Balaban J connectivity index is 3.04. The summed E-state index contributed by atoms with van der Waals surface area (Å²) in [6.45, 7) is 7.03. The Morgan fingerprint density at radius 2 is 1.60 bits per heavy atom. The quantitative estimate of drug-likeness (QED) is 0.504. The van der Waals surface area contributed by atoms with E-state index >= 15 is 0 Å². The van der Waals surface area contributed by atoms with E-state index in [1.54, 1.807) is 0 Å². The fraction of sp³-hybridized carbons (Fsp3) is 1.00. The van der Waals surface area contributed by atoms with E-state index in [4.69, 9.17) is 0 Å². The molecule has 0 amide bonds. The average Bonchev–Trinajstić information content (AvgIpc) is 1.78. The van der Waals surface area contributed by atoms with Crippen LogP contribution in [-0.4, -0.2) is 5.16 Å². The second-order valence-electron chi connectivity index (χ2n) is 2.89. The number of hydrogen-bond acceptors (Lipinski definition) is 0. The van der Waals surface area contributed by atoms with Crippen LogP contribution in [-0.2, 0) is 0 Å². The largest absolute Gasteiger partial charge is 0.110 e. The molecule has 0 aromatic heterocycles. The van der Waals surface area contributed by atoms with Crippen LogP contribution in [0.1, 0.15) is 20.8 Å². The molecule has 0 rings (SSSR count). The van der Waals surface area contributed by atoms with Crippen LogP contribution in [0.25, 0.3) is 0 Å². The van der Waals surface area contributed by atoms with Crippen LogP contribution in [0.2, 0.25) is 0 Å². The van der Waals surface area contributed by atoms with Crippen LogP contribution in [0.15, 0.2) is 0 Å². The molecule has 0 N–H and O–H groups in total. The smallest absolute Gasteiger partial charge is 0.0167 e. The summed E-state index contributed by atoms with van der Waals surface area (Å²) in [4.78, 5) is 0. The summed E-state index contributed by atoms with van der Waals surface area (Å²) < 4.78 is 0. The first-order valence-corrected chi connectivity index (χ1v) is 13.8. The van der Waals surface area contributed by atoms with Gasteiger partial charge in [0.05, 0.1) is 0 Å². The second kappa shape index (κ2) is 7.03. The Morgan fingerprint density at radius 1 is 1.00 bits per heavy atom. The molecule has 6 unspecified atom stereocenters.